The van der Waals surface area contributed by atoms with E-state index in [4.69, 9.17) is 5.11 Å². The minimum absolute atomic E-state index is 0. The zero-order valence-electron chi connectivity index (χ0n) is 20.7. The SMILES string of the molecule is CCOC(=O)CC(O)(CC(=O)OCC)C(=O)OCC.O=C([O-])CC(O)(CC(=O)[O-])C(=O)[O-].[Na+].[Na+].[Na+]. The van der Waals surface area contributed by atoms with Gasteiger partial charge in [-0.3, -0.25) is 9.59 Å². The Morgan fingerprint density at radius 1 is 0.600 bits per heavy atom. The molecule has 0 rings (SSSR count). The van der Waals surface area contributed by atoms with Crippen LogP contribution < -0.4 is 104 Å². The number of carboxylic acids is 3. The molecule has 0 radical (unpaired) electrons. The van der Waals surface area contributed by atoms with Crippen LogP contribution in [0.15, 0.2) is 0 Å². The first-order chi connectivity index (χ1) is 14.7. The standard InChI is InChI=1S/C12H20O7.C6H8O7.3Na/c1-4-17-9(13)7-12(16,11(15)19-6-3)8-10(14)18-5-2;7-3(8)1-6(13,5(11)12)2-4(9)10;;;/h16H,4-8H2,1-3H3;13H,1-2H2,(H,7,8)(H,9,10)(H,11,12);;;/q;;3*+1/p-3. The first-order valence-corrected chi connectivity index (χ1v) is 9.21. The maximum atomic E-state index is 11.7. The fourth-order valence-electron chi connectivity index (χ4n) is 2.06. The number of hydrogen-bond donors (Lipinski definition) is 2. The van der Waals surface area contributed by atoms with Crippen molar-refractivity contribution in [3.8, 4) is 0 Å². The fraction of sp³-hybridized carbons (Fsp3) is 0.667. The molecule has 0 unspecified atom stereocenters. The third-order valence-electron chi connectivity index (χ3n) is 3.39. The molecule has 0 saturated heterocycles. The first-order valence-electron chi connectivity index (χ1n) is 9.21. The molecule has 0 saturated carbocycles. The molecule has 0 atom stereocenters. The van der Waals surface area contributed by atoms with Crippen LogP contribution >= 0.6 is 0 Å². The summed E-state index contributed by atoms with van der Waals surface area (Å²) < 4.78 is 14.0. The van der Waals surface area contributed by atoms with Gasteiger partial charge in [0.1, 0.15) is 5.60 Å². The van der Waals surface area contributed by atoms with Crippen molar-refractivity contribution in [3.63, 3.8) is 0 Å². The predicted molar refractivity (Wildman–Crippen MR) is 93.3 cm³/mol. The summed E-state index contributed by atoms with van der Waals surface area (Å²) in [5.41, 5.74) is -5.23. The van der Waals surface area contributed by atoms with E-state index in [-0.39, 0.29) is 108 Å². The zero-order valence-corrected chi connectivity index (χ0v) is 26.7. The maximum absolute atomic E-state index is 11.7. The number of aliphatic carboxylic acids is 3. The van der Waals surface area contributed by atoms with Crippen LogP contribution in [0, 0.1) is 0 Å². The molecule has 0 aliphatic heterocycles. The van der Waals surface area contributed by atoms with Gasteiger partial charge in [-0.1, -0.05) is 0 Å². The molecule has 0 aromatic carbocycles. The number of aliphatic hydroxyl groups is 2. The number of rotatable bonds is 13. The molecule has 0 amide bonds. The number of ether oxygens (including phenoxy) is 3. The van der Waals surface area contributed by atoms with Crippen LogP contribution in [0.3, 0.4) is 0 Å². The van der Waals surface area contributed by atoms with Crippen molar-refractivity contribution in [2.45, 2.75) is 57.7 Å². The average Bonchev–Trinajstić information content (AvgIpc) is 2.61. The summed E-state index contributed by atoms with van der Waals surface area (Å²) in [7, 11) is 0. The van der Waals surface area contributed by atoms with Gasteiger partial charge >= 0.3 is 107 Å². The van der Waals surface area contributed by atoms with Crippen LogP contribution in [-0.2, 0) is 43.0 Å². The summed E-state index contributed by atoms with van der Waals surface area (Å²) in [5.74, 6) is -8.61. The Morgan fingerprint density at radius 3 is 1.14 bits per heavy atom. The van der Waals surface area contributed by atoms with Gasteiger partial charge in [-0.2, -0.15) is 0 Å². The Hall–Kier alpha value is -0.260. The second-order valence-corrected chi connectivity index (χ2v) is 6.13. The number of carbonyl (C=O) groups is 6. The van der Waals surface area contributed by atoms with Crippen LogP contribution in [0.25, 0.3) is 0 Å². The van der Waals surface area contributed by atoms with Gasteiger partial charge in [-0.25, -0.2) is 4.79 Å². The Kier molecular flexibility index (Phi) is 29.3. The molecule has 0 heterocycles. The van der Waals surface area contributed by atoms with E-state index in [0.717, 1.165) is 0 Å². The van der Waals surface area contributed by atoms with Crippen molar-refractivity contribution in [2.24, 2.45) is 0 Å². The third kappa shape index (κ3) is 20.5. The van der Waals surface area contributed by atoms with Crippen molar-refractivity contribution < 1.29 is 157 Å². The van der Waals surface area contributed by atoms with E-state index < -0.39 is 72.7 Å². The molecule has 2 N–H and O–H groups in total. The molecule has 0 aromatic heterocycles. The third-order valence-corrected chi connectivity index (χ3v) is 3.39. The van der Waals surface area contributed by atoms with Gasteiger partial charge in [-0.05, 0) is 20.8 Å². The van der Waals surface area contributed by atoms with Crippen molar-refractivity contribution in [1.29, 1.82) is 0 Å². The van der Waals surface area contributed by atoms with Crippen LogP contribution in [0.2, 0.25) is 0 Å². The van der Waals surface area contributed by atoms with Crippen molar-refractivity contribution in [2.75, 3.05) is 19.8 Å². The Balaban J connectivity index is -0.000000167. The Bertz CT molecular complexity index is 662. The minimum Gasteiger partial charge on any atom is -0.550 e. The van der Waals surface area contributed by atoms with Crippen molar-refractivity contribution in [3.05, 3.63) is 0 Å². The van der Waals surface area contributed by atoms with E-state index in [0.29, 0.717) is 0 Å². The van der Waals surface area contributed by atoms with Gasteiger partial charge in [0.15, 0.2) is 5.60 Å². The van der Waals surface area contributed by atoms with Crippen LogP contribution in [0.4, 0.5) is 0 Å². The summed E-state index contributed by atoms with van der Waals surface area (Å²) in [4.78, 5) is 64.4. The van der Waals surface area contributed by atoms with Crippen molar-refractivity contribution >= 4 is 35.8 Å². The summed E-state index contributed by atoms with van der Waals surface area (Å²) in [6.07, 6.45) is -4.02. The number of carbonyl (C=O) groups excluding carboxylic acids is 6. The molecule has 0 aliphatic carbocycles. The Labute approximate surface area is 267 Å². The number of hydrogen-bond acceptors (Lipinski definition) is 14. The topological polar surface area (TPSA) is 240 Å². The smallest absolute Gasteiger partial charge is 0.550 e. The summed E-state index contributed by atoms with van der Waals surface area (Å²) in [5, 5.41) is 49.1. The van der Waals surface area contributed by atoms with Gasteiger partial charge < -0.3 is 54.1 Å². The van der Waals surface area contributed by atoms with E-state index in [1.807, 2.05) is 0 Å². The van der Waals surface area contributed by atoms with Gasteiger partial charge in [0, 0.05) is 24.8 Å². The molecule has 0 fully saturated rings. The molecular formula is C18H25Na3O14. The van der Waals surface area contributed by atoms with E-state index >= 15 is 0 Å². The fourth-order valence-corrected chi connectivity index (χ4v) is 2.06. The number of carboxylic acid groups (broad SMARTS) is 3. The normalized spacial score (nSPS) is 9.86. The monoisotopic (exact) mass is 534 g/mol. The molecule has 0 aromatic rings. The summed E-state index contributed by atoms with van der Waals surface area (Å²) in [6, 6.07) is 0. The van der Waals surface area contributed by atoms with Gasteiger partial charge in [0.25, 0.3) is 0 Å². The van der Waals surface area contributed by atoms with Gasteiger partial charge in [-0.15, -0.1) is 0 Å². The molecule has 0 bridgehead atoms. The molecular weight excluding hydrogens is 509 g/mol. The van der Waals surface area contributed by atoms with Gasteiger partial charge in [0.05, 0.1) is 38.6 Å². The molecule has 184 valence electrons. The summed E-state index contributed by atoms with van der Waals surface area (Å²) >= 11 is 0. The second kappa shape index (κ2) is 22.9. The average molecular weight is 534 g/mol. The van der Waals surface area contributed by atoms with E-state index in [9.17, 15) is 49.2 Å². The van der Waals surface area contributed by atoms with Crippen LogP contribution in [0.5, 0.6) is 0 Å². The molecule has 0 spiro atoms. The number of esters is 3. The predicted octanol–water partition coefficient (Wildman–Crippen LogP) is -14.1. The van der Waals surface area contributed by atoms with Gasteiger partial charge in [0.2, 0.25) is 0 Å². The quantitative estimate of drug-likeness (QED) is 0.127. The molecule has 0 aliphatic rings. The summed E-state index contributed by atoms with van der Waals surface area (Å²) in [6.45, 7) is 4.97. The van der Waals surface area contributed by atoms with E-state index in [1.54, 1.807) is 20.8 Å². The molecule has 14 nitrogen and oxygen atoms in total. The van der Waals surface area contributed by atoms with Crippen LogP contribution in [0.1, 0.15) is 46.5 Å². The minimum atomic E-state index is -2.97. The Morgan fingerprint density at radius 2 is 0.914 bits per heavy atom. The van der Waals surface area contributed by atoms with E-state index in [2.05, 4.69) is 14.2 Å². The van der Waals surface area contributed by atoms with E-state index in [1.165, 1.54) is 0 Å². The first kappa shape index (κ1) is 44.7. The molecule has 17 heteroatoms. The second-order valence-electron chi connectivity index (χ2n) is 6.13. The van der Waals surface area contributed by atoms with Crippen LogP contribution in [-0.4, -0.2) is 77.1 Å². The zero-order chi connectivity index (χ0) is 25.5. The van der Waals surface area contributed by atoms with Crippen molar-refractivity contribution in [1.82, 2.24) is 0 Å². The molecule has 35 heavy (non-hydrogen) atoms. The maximum Gasteiger partial charge on any atom is 1.00 e. The largest absolute Gasteiger partial charge is 1.00 e.